The average Bonchev–Trinajstić information content (AvgIpc) is 3.25. The minimum Gasteiger partial charge on any atom is -0.508 e. The van der Waals surface area contributed by atoms with Gasteiger partial charge in [-0.1, -0.05) is 59.9 Å². The number of hydrogen-bond donors (Lipinski definition) is 7. The number of benzene rings is 3. The highest BCUT2D eigenvalue weighted by Crippen LogP contribution is 2.32. The number of hydrogen-bond acceptors (Lipinski definition) is 8. The van der Waals surface area contributed by atoms with Crippen molar-refractivity contribution < 1.29 is 20.4 Å². The van der Waals surface area contributed by atoms with Crippen LogP contribution in [0.1, 0.15) is 28.4 Å². The number of phenolic OH excluding ortho intramolecular Hbond substituents is 2. The van der Waals surface area contributed by atoms with Gasteiger partial charge < -0.3 is 30.7 Å². The lowest BCUT2D eigenvalue weighted by Gasteiger charge is -2.20. The topological polar surface area (TPSA) is 138 Å². The van der Waals surface area contributed by atoms with Gasteiger partial charge in [0.15, 0.2) is 0 Å². The summed E-state index contributed by atoms with van der Waals surface area (Å²) in [7, 11) is 0. The molecule has 0 bridgehead atoms. The van der Waals surface area contributed by atoms with Crippen LogP contribution in [0.25, 0.3) is 10.2 Å². The van der Waals surface area contributed by atoms with E-state index < -0.39 is 12.3 Å². The summed E-state index contributed by atoms with van der Waals surface area (Å²) >= 11 is 0.880. The zero-order valence-corrected chi connectivity index (χ0v) is 19.9. The minimum atomic E-state index is -1.26. The van der Waals surface area contributed by atoms with Gasteiger partial charge in [-0.15, -0.1) is 0 Å². The highest BCUT2D eigenvalue weighted by molar-refractivity contribution is 7.16. The van der Waals surface area contributed by atoms with E-state index in [4.69, 9.17) is 0 Å². The monoisotopic (exact) mass is 495 g/mol. The Hall–Kier alpha value is -3.21. The lowest BCUT2D eigenvalue weighted by atomic mass is 10.1. The third kappa shape index (κ3) is 6.27. The van der Waals surface area contributed by atoms with Gasteiger partial charge in [-0.25, -0.2) is 0 Å². The molecule has 1 aromatic heterocycles. The lowest BCUT2D eigenvalue weighted by Crippen LogP contribution is -2.36. The second-order valence-electron chi connectivity index (χ2n) is 8.36. The summed E-state index contributed by atoms with van der Waals surface area (Å²) in [5, 5.41) is 47.2. The summed E-state index contributed by atoms with van der Waals surface area (Å²) < 4.78 is 0.422. The lowest BCUT2D eigenvalue weighted by molar-refractivity contribution is -0.00168. The third-order valence-corrected chi connectivity index (χ3v) is 6.79. The molecule has 0 radical (unpaired) electrons. The second-order valence-corrected chi connectivity index (χ2v) is 9.34. The standard InChI is InChI=1S/C26H29N3O5S/c30-20-7-2-1-6-18(20)11-12-27-15-17-5-3-4-16(14-17)10-13-28-25(33)23(32)19-8-9-21(31)22-24(19)35-26(34)29-22/h1-9,14,23,25,27-28,30-33H,10-13,15H2,(H,29,34). The molecule has 0 amide bonds. The van der Waals surface area contributed by atoms with Crippen molar-refractivity contribution in [2.24, 2.45) is 0 Å². The zero-order valence-electron chi connectivity index (χ0n) is 19.1. The minimum absolute atomic E-state index is 0.0793. The van der Waals surface area contributed by atoms with E-state index >= 15 is 0 Å². The van der Waals surface area contributed by atoms with Crippen molar-refractivity contribution in [2.45, 2.75) is 31.7 Å². The van der Waals surface area contributed by atoms with Crippen LogP contribution >= 0.6 is 11.3 Å². The third-order valence-electron chi connectivity index (χ3n) is 5.86. The van der Waals surface area contributed by atoms with Crippen molar-refractivity contribution >= 4 is 21.6 Å². The molecular formula is C26H29N3O5S. The van der Waals surface area contributed by atoms with Crippen molar-refractivity contribution in [1.29, 1.82) is 0 Å². The van der Waals surface area contributed by atoms with Crippen LogP contribution < -0.4 is 15.5 Å². The van der Waals surface area contributed by atoms with Gasteiger partial charge in [0, 0.05) is 18.7 Å². The van der Waals surface area contributed by atoms with Gasteiger partial charge in [-0.05, 0) is 48.2 Å². The number of fused-ring (bicyclic) bond motifs is 1. The predicted molar refractivity (Wildman–Crippen MR) is 137 cm³/mol. The number of rotatable bonds is 11. The fourth-order valence-electron chi connectivity index (χ4n) is 3.99. The highest BCUT2D eigenvalue weighted by atomic mass is 32.1. The summed E-state index contributed by atoms with van der Waals surface area (Å²) in [6, 6.07) is 18.4. The van der Waals surface area contributed by atoms with Crippen molar-refractivity contribution in [2.75, 3.05) is 13.1 Å². The summed E-state index contributed by atoms with van der Waals surface area (Å²) in [5.41, 5.74) is 3.77. The number of thiazole rings is 1. The van der Waals surface area contributed by atoms with E-state index in [0.717, 1.165) is 41.0 Å². The van der Waals surface area contributed by atoms with E-state index in [0.29, 0.717) is 35.5 Å². The number of aromatic amines is 1. The van der Waals surface area contributed by atoms with Crippen LogP contribution in [0.3, 0.4) is 0 Å². The fraction of sp³-hybridized carbons (Fsp3) is 0.269. The largest absolute Gasteiger partial charge is 0.508 e. The van der Waals surface area contributed by atoms with Crippen LogP contribution in [0, 0.1) is 0 Å². The van der Waals surface area contributed by atoms with E-state index in [1.54, 1.807) is 6.07 Å². The average molecular weight is 496 g/mol. The molecule has 0 aliphatic carbocycles. The first-order valence-electron chi connectivity index (χ1n) is 11.4. The summed E-state index contributed by atoms with van der Waals surface area (Å²) in [5.74, 6) is 0.235. The Balaban J connectivity index is 1.26. The SMILES string of the molecule is O=c1[nH]c2c(O)ccc(C(O)C(O)NCCc3cccc(CNCCc4ccccc4O)c3)c2s1. The number of para-hydroxylation sites is 1. The molecule has 2 unspecified atom stereocenters. The first-order chi connectivity index (χ1) is 16.9. The van der Waals surface area contributed by atoms with E-state index in [1.165, 1.54) is 12.1 Å². The molecular weight excluding hydrogens is 466 g/mol. The molecule has 0 saturated heterocycles. The van der Waals surface area contributed by atoms with Crippen molar-refractivity contribution in [1.82, 2.24) is 15.6 Å². The Morgan fingerprint density at radius 3 is 2.51 bits per heavy atom. The van der Waals surface area contributed by atoms with Crippen LogP contribution in [-0.4, -0.2) is 44.7 Å². The molecule has 4 rings (SSSR count). The summed E-state index contributed by atoms with van der Waals surface area (Å²) in [6.07, 6.45) is -1.11. The molecule has 35 heavy (non-hydrogen) atoms. The van der Waals surface area contributed by atoms with Crippen molar-refractivity contribution in [3.05, 3.63) is 92.6 Å². The Labute approximate surface area is 206 Å². The molecule has 7 N–H and O–H groups in total. The van der Waals surface area contributed by atoms with Gasteiger partial charge in [0.1, 0.15) is 29.3 Å². The number of phenols is 2. The Kier molecular flexibility index (Phi) is 8.17. The molecule has 3 aromatic carbocycles. The molecule has 184 valence electrons. The van der Waals surface area contributed by atoms with E-state index in [2.05, 4.69) is 21.7 Å². The molecule has 0 aliphatic heterocycles. The van der Waals surface area contributed by atoms with Gasteiger partial charge >= 0.3 is 4.87 Å². The smallest absolute Gasteiger partial charge is 0.305 e. The molecule has 1 heterocycles. The number of aromatic nitrogens is 1. The van der Waals surface area contributed by atoms with Crippen molar-refractivity contribution in [3.8, 4) is 11.5 Å². The number of aromatic hydroxyl groups is 2. The maximum absolute atomic E-state index is 11.7. The Bertz CT molecular complexity index is 1340. The molecule has 0 aliphatic rings. The molecule has 0 saturated carbocycles. The molecule has 8 nitrogen and oxygen atoms in total. The maximum atomic E-state index is 11.7. The second kappa shape index (κ2) is 11.5. The van der Waals surface area contributed by atoms with Crippen LogP contribution in [0.5, 0.6) is 11.5 Å². The number of nitrogens with one attached hydrogen (secondary N) is 3. The fourth-order valence-corrected chi connectivity index (χ4v) is 4.89. The van der Waals surface area contributed by atoms with E-state index in [1.807, 2.05) is 36.4 Å². The van der Waals surface area contributed by atoms with Crippen LogP contribution in [-0.2, 0) is 19.4 Å². The molecule has 9 heteroatoms. The van der Waals surface area contributed by atoms with Crippen LogP contribution in [0.2, 0.25) is 0 Å². The van der Waals surface area contributed by atoms with Gasteiger partial charge in [0.05, 0.1) is 4.70 Å². The summed E-state index contributed by atoms with van der Waals surface area (Å²) in [4.78, 5) is 13.9. The molecule has 0 spiro atoms. The van der Waals surface area contributed by atoms with Gasteiger partial charge in [-0.2, -0.15) is 0 Å². The predicted octanol–water partition coefficient (Wildman–Crippen LogP) is 2.52. The first-order valence-corrected chi connectivity index (χ1v) is 12.2. The normalized spacial score (nSPS) is 13.2. The molecule has 0 fully saturated rings. The van der Waals surface area contributed by atoms with Gasteiger partial charge in [0.2, 0.25) is 0 Å². The summed E-state index contributed by atoms with van der Waals surface area (Å²) in [6.45, 7) is 1.88. The van der Waals surface area contributed by atoms with Gasteiger partial charge in [0.25, 0.3) is 0 Å². The number of aliphatic hydroxyl groups excluding tert-OH is 2. The molecule has 2 atom stereocenters. The quantitative estimate of drug-likeness (QED) is 0.125. The molecule has 4 aromatic rings. The number of aliphatic hydroxyl groups is 2. The van der Waals surface area contributed by atoms with Crippen molar-refractivity contribution in [3.63, 3.8) is 0 Å². The maximum Gasteiger partial charge on any atom is 0.305 e. The first kappa shape index (κ1) is 24.9. The van der Waals surface area contributed by atoms with Crippen LogP contribution in [0.4, 0.5) is 0 Å². The van der Waals surface area contributed by atoms with Crippen LogP contribution in [0.15, 0.2) is 65.5 Å². The number of H-pyrrole nitrogens is 1. The Morgan fingerprint density at radius 2 is 1.69 bits per heavy atom. The van der Waals surface area contributed by atoms with Gasteiger partial charge in [-0.3, -0.25) is 10.1 Å². The van der Waals surface area contributed by atoms with E-state index in [-0.39, 0.29) is 16.1 Å². The van der Waals surface area contributed by atoms with E-state index in [9.17, 15) is 25.2 Å². The zero-order chi connectivity index (χ0) is 24.8. The highest BCUT2D eigenvalue weighted by Gasteiger charge is 2.22. The Morgan fingerprint density at radius 1 is 0.886 bits per heavy atom.